The van der Waals surface area contributed by atoms with Crippen LogP contribution in [0.3, 0.4) is 0 Å². The number of pyridine rings is 1. The molecule has 0 bridgehead atoms. The first-order chi connectivity index (χ1) is 15.5. The molecule has 2 aromatic heterocycles. The summed E-state index contributed by atoms with van der Waals surface area (Å²) in [5, 5.41) is 12.9. The number of hydrogen-bond donors (Lipinski definition) is 2. The van der Waals surface area contributed by atoms with Crippen LogP contribution in [0.1, 0.15) is 30.9 Å². The predicted octanol–water partition coefficient (Wildman–Crippen LogP) is 3.66. The maximum atomic E-state index is 14.0. The maximum Gasteiger partial charge on any atom is 0.251 e. The zero-order valence-electron chi connectivity index (χ0n) is 17.4. The number of anilines is 1. The fourth-order valence-electron chi connectivity index (χ4n) is 3.86. The molecular weight excluding hydrogens is 435 g/mol. The van der Waals surface area contributed by atoms with Crippen molar-refractivity contribution in [3.63, 3.8) is 0 Å². The quantitative estimate of drug-likeness (QED) is 0.561. The van der Waals surface area contributed by atoms with Crippen molar-refractivity contribution in [3.05, 3.63) is 75.7 Å². The number of nitrogens with zero attached hydrogens (tertiary/aromatic N) is 3. The van der Waals surface area contributed by atoms with Crippen molar-refractivity contribution in [2.45, 2.75) is 31.3 Å². The molecule has 0 saturated carbocycles. The molecule has 1 saturated heterocycles. The van der Waals surface area contributed by atoms with E-state index in [2.05, 4.69) is 15.3 Å². The first-order valence-corrected chi connectivity index (χ1v) is 10.9. The third-order valence-corrected chi connectivity index (χ3v) is 5.86. The van der Waals surface area contributed by atoms with Gasteiger partial charge in [-0.2, -0.15) is 0 Å². The number of ether oxygens (including phenoxy) is 1. The molecule has 0 aliphatic carbocycles. The van der Waals surface area contributed by atoms with Gasteiger partial charge in [-0.25, -0.2) is 14.4 Å². The summed E-state index contributed by atoms with van der Waals surface area (Å²) >= 11 is 5.79. The molecule has 3 aromatic rings. The van der Waals surface area contributed by atoms with E-state index in [1.165, 1.54) is 29.1 Å². The summed E-state index contributed by atoms with van der Waals surface area (Å²) in [6.07, 6.45) is 5.18. The lowest BCUT2D eigenvalue weighted by Crippen LogP contribution is -2.28. The third-order valence-electron chi connectivity index (χ3n) is 5.55. The average Bonchev–Trinajstić information content (AvgIpc) is 2.80. The zero-order chi connectivity index (χ0) is 22.5. The van der Waals surface area contributed by atoms with Crippen LogP contribution < -0.4 is 10.9 Å². The molecule has 7 nitrogen and oxygen atoms in total. The molecule has 1 aliphatic rings. The Morgan fingerprint density at radius 3 is 2.75 bits per heavy atom. The van der Waals surface area contributed by atoms with E-state index in [0.29, 0.717) is 28.7 Å². The summed E-state index contributed by atoms with van der Waals surface area (Å²) in [7, 11) is 0. The number of benzene rings is 1. The van der Waals surface area contributed by atoms with E-state index in [9.17, 15) is 14.3 Å². The van der Waals surface area contributed by atoms with E-state index in [1.54, 1.807) is 18.3 Å². The number of hydrogen-bond acceptors (Lipinski definition) is 6. The number of aliphatic hydroxyl groups is 1. The van der Waals surface area contributed by atoms with E-state index >= 15 is 0 Å². The minimum Gasteiger partial charge on any atom is -0.396 e. The van der Waals surface area contributed by atoms with Gasteiger partial charge < -0.3 is 19.7 Å². The van der Waals surface area contributed by atoms with E-state index in [-0.39, 0.29) is 23.6 Å². The van der Waals surface area contributed by atoms with E-state index in [0.717, 1.165) is 26.1 Å². The van der Waals surface area contributed by atoms with Gasteiger partial charge in [0.1, 0.15) is 18.0 Å². The van der Waals surface area contributed by atoms with Gasteiger partial charge in [0, 0.05) is 49.8 Å². The summed E-state index contributed by atoms with van der Waals surface area (Å²) in [4.78, 5) is 21.5. The van der Waals surface area contributed by atoms with Gasteiger partial charge in [-0.15, -0.1) is 0 Å². The zero-order valence-corrected chi connectivity index (χ0v) is 18.1. The van der Waals surface area contributed by atoms with Crippen LogP contribution in [0, 0.1) is 5.82 Å². The SMILES string of the molecule is O=c1cc(-c2cc(NC3CCOCC3)ncn2)ccn1C(CCO)c1ccc(Cl)c(F)c1. The number of aromatic nitrogens is 3. The smallest absolute Gasteiger partial charge is 0.251 e. The minimum absolute atomic E-state index is 0.00752. The second-order valence-electron chi connectivity index (χ2n) is 7.68. The van der Waals surface area contributed by atoms with Gasteiger partial charge in [-0.1, -0.05) is 17.7 Å². The highest BCUT2D eigenvalue weighted by atomic mass is 35.5. The van der Waals surface area contributed by atoms with Crippen LogP contribution in [0.4, 0.5) is 10.2 Å². The molecule has 0 amide bonds. The topological polar surface area (TPSA) is 89.3 Å². The molecule has 1 aromatic carbocycles. The molecule has 0 spiro atoms. The molecule has 9 heteroatoms. The fourth-order valence-corrected chi connectivity index (χ4v) is 3.98. The molecule has 3 heterocycles. The highest BCUT2D eigenvalue weighted by Crippen LogP contribution is 2.26. The average molecular weight is 459 g/mol. The highest BCUT2D eigenvalue weighted by molar-refractivity contribution is 6.30. The van der Waals surface area contributed by atoms with Crippen LogP contribution in [0.2, 0.25) is 5.02 Å². The predicted molar refractivity (Wildman–Crippen MR) is 120 cm³/mol. The summed E-state index contributed by atoms with van der Waals surface area (Å²) in [6, 6.07) is 9.24. The lowest BCUT2D eigenvalue weighted by atomic mass is 10.0. The standard InChI is InChI=1S/C23H24ClFN4O3/c24-18-2-1-16(11-19(18)25)21(4-8-30)29-7-3-15(12-23(29)31)20-13-22(27-14-26-20)28-17-5-9-32-10-6-17/h1-3,7,11-14,17,21,30H,4-6,8-10H2,(H,26,27,28). The summed E-state index contributed by atoms with van der Waals surface area (Å²) in [6.45, 7) is 1.29. The monoisotopic (exact) mass is 458 g/mol. The van der Waals surface area contributed by atoms with Gasteiger partial charge >= 0.3 is 0 Å². The molecule has 168 valence electrons. The van der Waals surface area contributed by atoms with Crippen LogP contribution in [-0.4, -0.2) is 45.5 Å². The Morgan fingerprint density at radius 2 is 2.03 bits per heavy atom. The Bertz CT molecular complexity index is 1130. The molecule has 4 rings (SSSR count). The lowest BCUT2D eigenvalue weighted by molar-refractivity contribution is 0.0904. The van der Waals surface area contributed by atoms with Crippen LogP contribution in [0.15, 0.2) is 53.7 Å². The molecule has 1 aliphatic heterocycles. The van der Waals surface area contributed by atoms with Gasteiger partial charge in [0.15, 0.2) is 0 Å². The van der Waals surface area contributed by atoms with Crippen LogP contribution in [0.5, 0.6) is 0 Å². The van der Waals surface area contributed by atoms with E-state index in [4.69, 9.17) is 16.3 Å². The first-order valence-electron chi connectivity index (χ1n) is 10.5. The van der Waals surface area contributed by atoms with Crippen LogP contribution in [-0.2, 0) is 4.74 Å². The normalized spacial score (nSPS) is 15.5. The number of nitrogens with one attached hydrogen (secondary N) is 1. The van der Waals surface area contributed by atoms with Gasteiger partial charge in [0.2, 0.25) is 0 Å². The molecule has 32 heavy (non-hydrogen) atoms. The second-order valence-corrected chi connectivity index (χ2v) is 8.09. The third kappa shape index (κ3) is 5.15. The largest absolute Gasteiger partial charge is 0.396 e. The van der Waals surface area contributed by atoms with Crippen molar-refractivity contribution >= 4 is 17.4 Å². The molecule has 2 N–H and O–H groups in total. The fraction of sp³-hybridized carbons (Fsp3) is 0.348. The van der Waals surface area contributed by atoms with Crippen LogP contribution in [0.25, 0.3) is 11.3 Å². The van der Waals surface area contributed by atoms with Crippen molar-refractivity contribution in [2.75, 3.05) is 25.1 Å². The molecule has 1 fully saturated rings. The molecular formula is C23H24ClFN4O3. The summed E-state index contributed by atoms with van der Waals surface area (Å²) in [5.41, 5.74) is 1.54. The summed E-state index contributed by atoms with van der Waals surface area (Å²) < 4.78 is 20.8. The molecule has 1 atom stereocenters. The Labute approximate surface area is 189 Å². The van der Waals surface area contributed by atoms with Crippen molar-refractivity contribution in [3.8, 4) is 11.3 Å². The first kappa shape index (κ1) is 22.4. The Morgan fingerprint density at radius 1 is 1.22 bits per heavy atom. The number of halogens is 2. The van der Waals surface area contributed by atoms with Crippen molar-refractivity contribution in [2.24, 2.45) is 0 Å². The second kappa shape index (κ2) is 10.2. The maximum absolute atomic E-state index is 14.0. The minimum atomic E-state index is -0.567. The van der Waals surface area contributed by atoms with E-state index in [1.807, 2.05) is 6.07 Å². The Hall–Kier alpha value is -2.81. The number of aliphatic hydroxyl groups excluding tert-OH is 1. The van der Waals surface area contributed by atoms with Gasteiger partial charge in [-0.3, -0.25) is 4.79 Å². The number of rotatable bonds is 7. The lowest BCUT2D eigenvalue weighted by Gasteiger charge is -2.23. The van der Waals surface area contributed by atoms with Crippen molar-refractivity contribution in [1.29, 1.82) is 0 Å². The Kier molecular flexibility index (Phi) is 7.14. The molecule has 1 unspecified atom stereocenters. The van der Waals surface area contributed by atoms with Crippen molar-refractivity contribution < 1.29 is 14.2 Å². The van der Waals surface area contributed by atoms with E-state index < -0.39 is 11.9 Å². The highest BCUT2D eigenvalue weighted by Gasteiger charge is 2.18. The Balaban J connectivity index is 1.60. The van der Waals surface area contributed by atoms with Gasteiger partial charge in [0.05, 0.1) is 16.8 Å². The molecule has 0 radical (unpaired) electrons. The van der Waals surface area contributed by atoms with Gasteiger partial charge in [-0.05, 0) is 43.0 Å². The van der Waals surface area contributed by atoms with Crippen molar-refractivity contribution in [1.82, 2.24) is 14.5 Å². The van der Waals surface area contributed by atoms with Crippen LogP contribution >= 0.6 is 11.6 Å². The van der Waals surface area contributed by atoms with Gasteiger partial charge in [0.25, 0.3) is 5.56 Å². The summed E-state index contributed by atoms with van der Waals surface area (Å²) in [5.74, 6) is 0.128.